The van der Waals surface area contributed by atoms with Gasteiger partial charge < -0.3 is 4.57 Å². The van der Waals surface area contributed by atoms with E-state index in [0.29, 0.717) is 0 Å². The van der Waals surface area contributed by atoms with Crippen molar-refractivity contribution in [3.63, 3.8) is 0 Å². The van der Waals surface area contributed by atoms with Crippen molar-refractivity contribution in [1.82, 2.24) is 9.13 Å². The van der Waals surface area contributed by atoms with Crippen LogP contribution in [0.15, 0.2) is 204 Å². The minimum Gasteiger partial charge on any atom is -0.309 e. The first-order chi connectivity index (χ1) is 27.2. The van der Waals surface area contributed by atoms with Crippen molar-refractivity contribution < 1.29 is 0 Å². The van der Waals surface area contributed by atoms with Gasteiger partial charge in [0, 0.05) is 39.0 Å². The molecule has 55 heavy (non-hydrogen) atoms. The Bertz CT molecular complexity index is 3080. The van der Waals surface area contributed by atoms with Gasteiger partial charge in [-0.15, -0.1) is 0 Å². The van der Waals surface area contributed by atoms with E-state index in [4.69, 9.17) is 9.98 Å². The van der Waals surface area contributed by atoms with Gasteiger partial charge >= 0.3 is 0 Å². The molecule has 4 heteroatoms. The Kier molecular flexibility index (Phi) is 8.00. The van der Waals surface area contributed by atoms with Crippen LogP contribution < -0.4 is 0 Å². The van der Waals surface area contributed by atoms with Gasteiger partial charge in [0.05, 0.1) is 33.4 Å². The fourth-order valence-corrected chi connectivity index (χ4v) is 7.95. The third kappa shape index (κ3) is 5.81. The van der Waals surface area contributed by atoms with Crippen molar-refractivity contribution in [2.75, 3.05) is 0 Å². The van der Waals surface area contributed by atoms with E-state index in [0.717, 1.165) is 39.5 Å². The van der Waals surface area contributed by atoms with Crippen LogP contribution in [-0.4, -0.2) is 21.2 Å². The topological polar surface area (TPSA) is 34.6 Å². The summed E-state index contributed by atoms with van der Waals surface area (Å²) in [6.07, 6.45) is 1.90. The summed E-state index contributed by atoms with van der Waals surface area (Å²) < 4.78 is 4.66. The van der Waals surface area contributed by atoms with Crippen LogP contribution >= 0.6 is 0 Å². The second kappa shape index (κ2) is 13.6. The quantitative estimate of drug-likeness (QED) is 0.122. The summed E-state index contributed by atoms with van der Waals surface area (Å²) in [6, 6.07) is 68.7. The molecule has 0 aliphatic heterocycles. The largest absolute Gasteiger partial charge is 0.309 e. The summed E-state index contributed by atoms with van der Waals surface area (Å²) in [5.41, 5.74) is 13.3. The van der Waals surface area contributed by atoms with Crippen molar-refractivity contribution in [2.24, 2.45) is 9.98 Å². The molecular weight excluding hydrogens is 669 g/mol. The molecule has 0 spiro atoms. The zero-order valence-electron chi connectivity index (χ0n) is 30.3. The monoisotopic (exact) mass is 704 g/mol. The predicted molar refractivity (Wildman–Crippen MR) is 233 cm³/mol. The van der Waals surface area contributed by atoms with Gasteiger partial charge in [-0.2, -0.15) is 0 Å². The van der Waals surface area contributed by atoms with Gasteiger partial charge in [-0.05, 0) is 102 Å². The van der Waals surface area contributed by atoms with E-state index in [2.05, 4.69) is 168 Å². The molecule has 260 valence electrons. The molecule has 0 radical (unpaired) electrons. The number of hydrogen-bond acceptors (Lipinski definition) is 2. The average molecular weight is 705 g/mol. The first kappa shape index (κ1) is 32.4. The molecule has 0 aliphatic carbocycles. The molecule has 0 unspecified atom stereocenters. The van der Waals surface area contributed by atoms with Gasteiger partial charge in [-0.3, -0.25) is 9.56 Å². The van der Waals surface area contributed by atoms with Crippen molar-refractivity contribution in [3.8, 4) is 27.9 Å². The standard InChI is InChI=1S/C51H36N4/c1-35(53-47-23-13-11-17-40(47)34-52-41-18-7-3-8-19-41)54-49-28-25-37(36-15-5-2-6-16-36)31-45(49)46-33-39(26-29-50(46)54)38-27-30-51-44(32-38)43-22-12-14-24-48(43)55(51)42-20-9-4-10-21-42/h2-34H,1H3/b52-34+,53-35+. The van der Waals surface area contributed by atoms with Crippen LogP contribution in [0, 0.1) is 0 Å². The highest BCUT2D eigenvalue weighted by Crippen LogP contribution is 2.38. The molecule has 0 saturated carbocycles. The van der Waals surface area contributed by atoms with Gasteiger partial charge in [0.1, 0.15) is 5.84 Å². The molecular formula is C51H36N4. The lowest BCUT2D eigenvalue weighted by Gasteiger charge is -2.10. The van der Waals surface area contributed by atoms with Crippen LogP contribution in [0.4, 0.5) is 11.4 Å². The number of fused-ring (bicyclic) bond motifs is 6. The van der Waals surface area contributed by atoms with Gasteiger partial charge in [0.25, 0.3) is 0 Å². The first-order valence-corrected chi connectivity index (χ1v) is 18.7. The molecule has 2 aromatic heterocycles. The maximum Gasteiger partial charge on any atom is 0.111 e. The molecule has 0 saturated heterocycles. The van der Waals surface area contributed by atoms with Gasteiger partial charge in [-0.1, -0.05) is 121 Å². The minimum atomic E-state index is 0.871. The summed E-state index contributed by atoms with van der Waals surface area (Å²) in [7, 11) is 0. The predicted octanol–water partition coefficient (Wildman–Crippen LogP) is 13.6. The van der Waals surface area contributed by atoms with E-state index in [9.17, 15) is 0 Å². The third-order valence-corrected chi connectivity index (χ3v) is 10.5. The highest BCUT2D eigenvalue weighted by atomic mass is 15.1. The summed E-state index contributed by atoms with van der Waals surface area (Å²) in [6.45, 7) is 2.10. The molecule has 0 amide bonds. The number of benzene rings is 8. The molecule has 0 fully saturated rings. The van der Waals surface area contributed by atoms with Crippen molar-refractivity contribution >= 4 is 67.0 Å². The van der Waals surface area contributed by atoms with Crippen LogP contribution in [0.3, 0.4) is 0 Å². The van der Waals surface area contributed by atoms with Crippen LogP contribution in [0.25, 0.3) is 71.6 Å². The molecule has 10 aromatic rings. The summed E-state index contributed by atoms with van der Waals surface area (Å²) in [5.74, 6) is 0.885. The molecule has 2 heterocycles. The number of para-hydroxylation sites is 4. The average Bonchev–Trinajstić information content (AvgIpc) is 3.76. The minimum absolute atomic E-state index is 0.871. The highest BCUT2D eigenvalue weighted by Gasteiger charge is 2.17. The smallest absolute Gasteiger partial charge is 0.111 e. The zero-order chi connectivity index (χ0) is 36.7. The van der Waals surface area contributed by atoms with Crippen molar-refractivity contribution in [1.29, 1.82) is 0 Å². The van der Waals surface area contributed by atoms with E-state index < -0.39 is 0 Å². The van der Waals surface area contributed by atoms with Crippen molar-refractivity contribution in [3.05, 3.63) is 200 Å². The van der Waals surface area contributed by atoms with Crippen LogP contribution in [0.2, 0.25) is 0 Å². The second-order valence-corrected chi connectivity index (χ2v) is 13.9. The second-order valence-electron chi connectivity index (χ2n) is 13.9. The number of aliphatic imine (C=N–C) groups is 2. The summed E-state index contributed by atoms with van der Waals surface area (Å²) in [4.78, 5) is 9.99. The Morgan fingerprint density at radius 2 is 0.945 bits per heavy atom. The fourth-order valence-electron chi connectivity index (χ4n) is 7.95. The van der Waals surface area contributed by atoms with E-state index in [-0.39, 0.29) is 0 Å². The molecule has 4 nitrogen and oxygen atoms in total. The SMILES string of the molecule is C/C(=N\c1ccccc1/C=N/c1ccccc1)n1c2ccc(-c3ccccc3)cc2c2cc(-c3ccc4c(c3)c3ccccc3n4-c3ccccc3)ccc21. The molecule has 0 atom stereocenters. The molecule has 10 rings (SSSR count). The normalized spacial score (nSPS) is 12.1. The Balaban J connectivity index is 1.14. The van der Waals surface area contributed by atoms with Crippen LogP contribution in [-0.2, 0) is 0 Å². The van der Waals surface area contributed by atoms with E-state index in [1.165, 1.54) is 54.8 Å². The lowest BCUT2D eigenvalue weighted by molar-refractivity contribution is 1.18. The van der Waals surface area contributed by atoms with Crippen LogP contribution in [0.5, 0.6) is 0 Å². The van der Waals surface area contributed by atoms with E-state index in [1.54, 1.807) is 0 Å². The van der Waals surface area contributed by atoms with Crippen LogP contribution in [0.1, 0.15) is 12.5 Å². The first-order valence-electron chi connectivity index (χ1n) is 18.7. The fraction of sp³-hybridized carbons (Fsp3) is 0.0196. The Morgan fingerprint density at radius 3 is 1.64 bits per heavy atom. The molecule has 0 bridgehead atoms. The van der Waals surface area contributed by atoms with Gasteiger partial charge in [0.15, 0.2) is 0 Å². The van der Waals surface area contributed by atoms with E-state index in [1.807, 2.05) is 48.7 Å². The van der Waals surface area contributed by atoms with Crippen molar-refractivity contribution in [2.45, 2.75) is 6.92 Å². The van der Waals surface area contributed by atoms with E-state index >= 15 is 0 Å². The maximum atomic E-state index is 5.25. The van der Waals surface area contributed by atoms with Gasteiger partial charge in [0.2, 0.25) is 0 Å². The van der Waals surface area contributed by atoms with Gasteiger partial charge in [-0.25, -0.2) is 4.99 Å². The summed E-state index contributed by atoms with van der Waals surface area (Å²) in [5, 5.41) is 4.86. The highest BCUT2D eigenvalue weighted by molar-refractivity contribution is 6.16. The third-order valence-electron chi connectivity index (χ3n) is 10.5. The number of rotatable bonds is 6. The lowest BCUT2D eigenvalue weighted by Crippen LogP contribution is -2.06. The maximum absolute atomic E-state index is 5.25. The molecule has 0 N–H and O–H groups in total. The Labute approximate surface area is 319 Å². The number of nitrogens with zero attached hydrogens (tertiary/aromatic N) is 4. The molecule has 8 aromatic carbocycles. The Hall–Kier alpha value is -7.30. The Morgan fingerprint density at radius 1 is 0.436 bits per heavy atom. The number of aromatic nitrogens is 2. The summed E-state index contributed by atoms with van der Waals surface area (Å²) >= 11 is 0. The molecule has 0 aliphatic rings. The zero-order valence-corrected chi connectivity index (χ0v) is 30.3. The lowest BCUT2D eigenvalue weighted by atomic mass is 9.99. The number of hydrogen-bond donors (Lipinski definition) is 0.